The van der Waals surface area contributed by atoms with Crippen molar-refractivity contribution in [1.82, 2.24) is 0 Å². The molecule has 0 aliphatic heterocycles. The topological polar surface area (TPSA) is 12.4 Å². The molecule has 0 spiro atoms. The Morgan fingerprint density at radius 1 is 0.437 bits per heavy atom. The summed E-state index contributed by atoms with van der Waals surface area (Å²) in [5.74, 6) is 0. The Morgan fingerprint density at radius 3 is 1.01 bits per heavy atom. The van der Waals surface area contributed by atoms with Gasteiger partial charge in [-0.25, -0.2) is 0 Å². The molecule has 5 unspecified atom stereocenters. The Kier molecular flexibility index (Phi) is 31.4. The lowest BCUT2D eigenvalue weighted by atomic mass is 10.1. The van der Waals surface area contributed by atoms with Crippen LogP contribution in [0.3, 0.4) is 0 Å². The standard InChI is InChI=1S/C20H20Si.C18H18Si.2C9H14Si.BH2P2S.H3NP2S.H2P2S/c1-21(2,19-11-7-4-8-12-19)20-15-13-18(14-16-20)17-9-5-3-6-10-17;1-19(2,17-10-4-3-5-11-17)18-13-12-15-8-6-7-9-16(15)14-18;2*1-10(2,3)9-7-5-4-6-8-9;1-3(2)4;2-3-1-4;1-2-3/h3-16H,1-2H3;3-14H,1-2H3;2*4-8H,1-3H3;2H2;3H,2H2;1H2/q;;;;+1;;. The van der Waals surface area contributed by atoms with Crippen molar-refractivity contribution in [2.45, 2.75) is 65.5 Å². The lowest BCUT2D eigenvalue weighted by molar-refractivity contribution is 1.62. The number of nitrogens with zero attached hydrogens (tertiary/aromatic N) is 1. The first-order valence-electron chi connectivity index (χ1n) is 23.3. The van der Waals surface area contributed by atoms with Gasteiger partial charge in [-0.1, -0.05) is 345 Å². The van der Waals surface area contributed by atoms with Crippen molar-refractivity contribution < 1.29 is 0 Å². The van der Waals surface area contributed by atoms with Crippen LogP contribution in [0.1, 0.15) is 0 Å². The summed E-state index contributed by atoms with van der Waals surface area (Å²) in [4.78, 5) is 0. The molecule has 0 N–H and O–H groups in total. The van der Waals surface area contributed by atoms with Crippen LogP contribution in [-0.4, -0.2) is 39.9 Å². The minimum Gasteiger partial charge on any atom is -0.195 e. The first-order valence-corrected chi connectivity index (χ1v) is 47.0. The van der Waals surface area contributed by atoms with E-state index in [1.807, 2.05) is 0 Å². The fourth-order valence-corrected chi connectivity index (χ4v) is 14.3. The highest BCUT2D eigenvalue weighted by Crippen LogP contribution is 2.22. The van der Waals surface area contributed by atoms with E-state index >= 15 is 0 Å². The molecule has 5 atom stereocenters. The van der Waals surface area contributed by atoms with Crippen molar-refractivity contribution in [3.63, 3.8) is 0 Å². The van der Waals surface area contributed by atoms with Crippen molar-refractivity contribution in [2.24, 2.45) is 4.13 Å². The molecule has 0 fully saturated rings. The van der Waals surface area contributed by atoms with Crippen molar-refractivity contribution >= 4 is 166 Å². The van der Waals surface area contributed by atoms with E-state index in [2.05, 4.69) is 351 Å². The van der Waals surface area contributed by atoms with E-state index in [0.717, 1.165) is 7.04 Å². The van der Waals surface area contributed by atoms with Gasteiger partial charge in [0, 0.05) is 20.8 Å². The molecule has 0 heterocycles. The van der Waals surface area contributed by atoms with Gasteiger partial charge in [0.1, 0.15) is 34.2 Å². The second-order valence-corrected chi connectivity index (χ2v) is 47.6. The molecular formula is C56H73BNP6S3Si4+. The predicted octanol–water partition coefficient (Wildman–Crippen LogP) is 15.4. The molecule has 8 aromatic carbocycles. The van der Waals surface area contributed by atoms with Gasteiger partial charge in [-0.05, 0) is 28.9 Å². The van der Waals surface area contributed by atoms with Crippen molar-refractivity contribution in [2.75, 3.05) is 0 Å². The van der Waals surface area contributed by atoms with Crippen LogP contribution in [-0.2, 0) is 36.0 Å². The van der Waals surface area contributed by atoms with Crippen LogP contribution in [0.4, 0.5) is 0 Å². The highest BCUT2D eigenvalue weighted by molar-refractivity contribution is 8.43. The van der Waals surface area contributed by atoms with E-state index in [1.54, 1.807) is 0 Å². The Hall–Kier alpha value is -2.27. The predicted molar refractivity (Wildman–Crippen MR) is 363 cm³/mol. The molecule has 1 nitrogen and oxygen atoms in total. The maximum Gasteiger partial charge on any atom is 0.462 e. The van der Waals surface area contributed by atoms with Gasteiger partial charge < -0.3 is 0 Å². The molecule has 0 aliphatic carbocycles. The van der Waals surface area contributed by atoms with Crippen molar-refractivity contribution in [3.05, 3.63) is 218 Å². The van der Waals surface area contributed by atoms with Crippen LogP contribution < -0.4 is 31.1 Å². The maximum atomic E-state index is 4.95. The number of rotatable bonds is 8. The fourth-order valence-electron chi connectivity index (χ4n) is 7.21. The summed E-state index contributed by atoms with van der Waals surface area (Å²) in [5, 5.41) is 11.7. The molecule has 0 aromatic heterocycles. The third-order valence-electron chi connectivity index (χ3n) is 11.5. The summed E-state index contributed by atoms with van der Waals surface area (Å²) in [6.45, 7) is 23.9. The first kappa shape index (κ1) is 64.8. The van der Waals surface area contributed by atoms with Gasteiger partial charge in [-0.2, -0.15) is 4.13 Å². The van der Waals surface area contributed by atoms with Crippen LogP contribution in [0.5, 0.6) is 0 Å². The SMILES string of the molecule is C[Si](C)(C)c1ccccc1.C[Si](C)(C)c1ccccc1.C[Si](C)(c1ccccc1)c1ccc(-c2ccccc2)cc1.C[Si](C)(c1ccccc1)c1ccc2ccccc2c1.PP=S.PPN=S.[B][P+](P)=S. The summed E-state index contributed by atoms with van der Waals surface area (Å²) in [5.41, 5.74) is 2.57. The van der Waals surface area contributed by atoms with E-state index in [0.29, 0.717) is 8.42 Å². The second kappa shape index (κ2) is 34.3. The van der Waals surface area contributed by atoms with Crippen LogP contribution in [0, 0.1) is 0 Å². The summed E-state index contributed by atoms with van der Waals surface area (Å²) in [6, 6.07) is 78.5. The third-order valence-corrected chi connectivity index (χ3v) is 24.1. The molecule has 0 saturated carbocycles. The molecule has 8 aromatic rings. The maximum absolute atomic E-state index is 4.95. The minimum absolute atomic E-state index is 0.497. The average molecular weight is 1170 g/mol. The van der Waals surface area contributed by atoms with Crippen LogP contribution in [0.15, 0.2) is 223 Å². The quantitative estimate of drug-likeness (QED) is 0.111. The van der Waals surface area contributed by atoms with Crippen LogP contribution in [0.2, 0.25) is 65.5 Å². The van der Waals surface area contributed by atoms with E-state index in [9.17, 15) is 0 Å². The lowest BCUT2D eigenvalue weighted by Crippen LogP contribution is -2.52. The Labute approximate surface area is 461 Å². The van der Waals surface area contributed by atoms with E-state index in [4.69, 9.17) is 7.57 Å². The minimum atomic E-state index is -1.58. The Morgan fingerprint density at radius 2 is 0.690 bits per heavy atom. The van der Waals surface area contributed by atoms with Gasteiger partial charge >= 0.3 is 7.57 Å². The second-order valence-electron chi connectivity index (χ2n) is 19.4. The fraction of sp³-hybridized carbons (Fsp3) is 0.179. The zero-order valence-electron chi connectivity index (χ0n) is 43.2. The number of benzene rings is 8. The molecule has 0 saturated heterocycles. The van der Waals surface area contributed by atoms with Gasteiger partial charge in [0.05, 0.1) is 25.1 Å². The highest BCUT2D eigenvalue weighted by atomic mass is 32.6. The monoisotopic (exact) mass is 1160 g/mol. The summed E-state index contributed by atoms with van der Waals surface area (Å²) in [6.07, 6.45) is -0.620. The first-order chi connectivity index (χ1) is 33.6. The van der Waals surface area contributed by atoms with Gasteiger partial charge in [-0.15, -0.1) is 0 Å². The zero-order chi connectivity index (χ0) is 52.9. The molecule has 368 valence electrons. The van der Waals surface area contributed by atoms with Gasteiger partial charge in [-0.3, -0.25) is 0 Å². The average Bonchev–Trinajstić information content (AvgIpc) is 3.38. The molecule has 71 heavy (non-hydrogen) atoms. The van der Waals surface area contributed by atoms with Gasteiger partial charge in [0.15, 0.2) is 0 Å². The molecule has 0 amide bonds. The van der Waals surface area contributed by atoms with E-state index in [1.165, 1.54) is 53.0 Å². The molecule has 0 bridgehead atoms. The summed E-state index contributed by atoms with van der Waals surface area (Å²) in [7, 11) is 8.24. The van der Waals surface area contributed by atoms with Crippen LogP contribution in [0.25, 0.3) is 21.9 Å². The third kappa shape index (κ3) is 24.8. The number of hydrogen-bond acceptors (Lipinski definition) is 4. The Balaban J connectivity index is 0.000000315. The van der Waals surface area contributed by atoms with Gasteiger partial charge in [0.2, 0.25) is 0 Å². The van der Waals surface area contributed by atoms with E-state index < -0.39 is 38.6 Å². The van der Waals surface area contributed by atoms with Crippen molar-refractivity contribution in [1.29, 1.82) is 0 Å². The van der Waals surface area contributed by atoms with Gasteiger partial charge in [0.25, 0.3) is 0 Å². The summed E-state index contributed by atoms with van der Waals surface area (Å²) >= 11 is 12.9. The normalized spacial score (nSPS) is 11.1. The Bertz CT molecular complexity index is 2680. The van der Waals surface area contributed by atoms with Crippen LogP contribution >= 0.6 is 48.5 Å². The molecular weight excluding hydrogens is 1090 g/mol. The van der Waals surface area contributed by atoms with E-state index in [-0.39, 0.29) is 0 Å². The molecule has 15 heteroatoms. The van der Waals surface area contributed by atoms with Crippen molar-refractivity contribution in [3.8, 4) is 11.1 Å². The largest absolute Gasteiger partial charge is 0.462 e. The molecule has 2 radical (unpaired) electrons. The molecule has 8 rings (SSSR count). The smallest absolute Gasteiger partial charge is 0.195 e. The lowest BCUT2D eigenvalue weighted by Gasteiger charge is -2.24. The zero-order valence-corrected chi connectivity index (χ0v) is 55.9. The molecule has 0 aliphatic rings. The highest BCUT2D eigenvalue weighted by Gasteiger charge is 2.26. The number of hydrogen-bond donors (Lipinski definition) is 0. The number of fused-ring (bicyclic) bond motifs is 1. The summed E-state index contributed by atoms with van der Waals surface area (Å²) < 4.78 is 3.31.